The zero-order valence-electron chi connectivity index (χ0n) is 15.7. The van der Waals surface area contributed by atoms with Crippen LogP contribution in [0.25, 0.3) is 0 Å². The molecule has 0 unspecified atom stereocenters. The molecule has 0 radical (unpaired) electrons. The fraction of sp³-hybridized carbons (Fsp3) is 0.174. The van der Waals surface area contributed by atoms with Gasteiger partial charge in [-0.05, 0) is 47.5 Å². The van der Waals surface area contributed by atoms with Gasteiger partial charge in [0.1, 0.15) is 24.7 Å². The zero-order valence-corrected chi connectivity index (χ0v) is 15.7. The van der Waals surface area contributed by atoms with Crippen molar-refractivity contribution in [2.75, 3.05) is 13.4 Å². The van der Waals surface area contributed by atoms with E-state index in [0.717, 1.165) is 16.9 Å². The maximum Gasteiger partial charge on any atom is 0.344 e. The summed E-state index contributed by atoms with van der Waals surface area (Å²) in [5, 5.41) is 0. The Morgan fingerprint density at radius 2 is 1.48 bits per heavy atom. The molecule has 148 valence electrons. The molecule has 6 nitrogen and oxygen atoms in total. The Balaban J connectivity index is 1.20. The number of carbonyl (C=O) groups is 1. The lowest BCUT2D eigenvalue weighted by molar-refractivity contribution is -0.147. The van der Waals surface area contributed by atoms with E-state index >= 15 is 0 Å². The highest BCUT2D eigenvalue weighted by Gasteiger charge is 2.14. The minimum absolute atomic E-state index is 0.144. The largest absolute Gasteiger partial charge is 0.489 e. The van der Waals surface area contributed by atoms with Crippen LogP contribution in [0.1, 0.15) is 11.1 Å². The average molecular weight is 392 g/mol. The molecule has 3 aromatic rings. The maximum absolute atomic E-state index is 11.9. The van der Waals surface area contributed by atoms with Crippen LogP contribution in [0.5, 0.6) is 23.0 Å². The van der Waals surface area contributed by atoms with Gasteiger partial charge in [-0.3, -0.25) is 0 Å². The highest BCUT2D eigenvalue weighted by atomic mass is 16.7. The lowest BCUT2D eigenvalue weighted by atomic mass is 10.2. The second kappa shape index (κ2) is 9.01. The van der Waals surface area contributed by atoms with Gasteiger partial charge in [0.25, 0.3) is 0 Å². The van der Waals surface area contributed by atoms with Crippen LogP contribution >= 0.6 is 0 Å². The first-order valence-electron chi connectivity index (χ1n) is 9.20. The molecule has 0 saturated carbocycles. The molecular weight excluding hydrogens is 372 g/mol. The first kappa shape index (κ1) is 18.7. The Kier molecular flexibility index (Phi) is 5.81. The van der Waals surface area contributed by atoms with Crippen LogP contribution in [0.3, 0.4) is 0 Å². The summed E-state index contributed by atoms with van der Waals surface area (Å²) in [7, 11) is 0. The number of rotatable bonds is 8. The molecule has 4 rings (SSSR count). The van der Waals surface area contributed by atoms with Gasteiger partial charge in [0.15, 0.2) is 18.1 Å². The summed E-state index contributed by atoms with van der Waals surface area (Å²) in [5.74, 6) is 2.19. The van der Waals surface area contributed by atoms with Crippen molar-refractivity contribution in [3.8, 4) is 23.0 Å². The summed E-state index contributed by atoms with van der Waals surface area (Å²) >= 11 is 0. The van der Waals surface area contributed by atoms with Gasteiger partial charge in [-0.1, -0.05) is 36.4 Å². The molecule has 0 amide bonds. The van der Waals surface area contributed by atoms with E-state index in [4.69, 9.17) is 23.7 Å². The van der Waals surface area contributed by atoms with Crippen LogP contribution in [-0.2, 0) is 22.7 Å². The lowest BCUT2D eigenvalue weighted by Gasteiger charge is -2.09. The molecule has 0 bridgehead atoms. The van der Waals surface area contributed by atoms with Crippen LogP contribution in [-0.4, -0.2) is 19.4 Å². The predicted molar refractivity (Wildman–Crippen MR) is 105 cm³/mol. The Labute approximate surface area is 168 Å². The molecule has 0 spiro atoms. The van der Waals surface area contributed by atoms with Crippen LogP contribution in [0.4, 0.5) is 0 Å². The highest BCUT2D eigenvalue weighted by molar-refractivity contribution is 5.71. The second-order valence-electron chi connectivity index (χ2n) is 6.38. The van der Waals surface area contributed by atoms with Gasteiger partial charge in [0.2, 0.25) is 6.79 Å². The Hall–Kier alpha value is -3.67. The molecule has 1 aliphatic rings. The quantitative estimate of drug-likeness (QED) is 0.538. The minimum atomic E-state index is -0.452. The molecule has 0 fully saturated rings. The average Bonchev–Trinajstić information content (AvgIpc) is 3.24. The smallest absolute Gasteiger partial charge is 0.344 e. The van der Waals surface area contributed by atoms with E-state index in [9.17, 15) is 4.79 Å². The molecule has 29 heavy (non-hydrogen) atoms. The summed E-state index contributed by atoms with van der Waals surface area (Å²) in [4.78, 5) is 11.9. The van der Waals surface area contributed by atoms with Crippen molar-refractivity contribution < 1.29 is 28.5 Å². The van der Waals surface area contributed by atoms with Crippen LogP contribution in [0.2, 0.25) is 0 Å². The molecule has 1 heterocycles. The van der Waals surface area contributed by atoms with E-state index in [1.54, 1.807) is 36.4 Å². The normalized spacial score (nSPS) is 11.7. The predicted octanol–water partition coefficient (Wildman–Crippen LogP) is 4.12. The third-order valence-corrected chi connectivity index (χ3v) is 4.27. The van der Waals surface area contributed by atoms with Crippen molar-refractivity contribution >= 4 is 5.97 Å². The Morgan fingerprint density at radius 3 is 2.28 bits per heavy atom. The van der Waals surface area contributed by atoms with Gasteiger partial charge < -0.3 is 23.7 Å². The van der Waals surface area contributed by atoms with Gasteiger partial charge >= 0.3 is 5.97 Å². The van der Waals surface area contributed by atoms with E-state index in [2.05, 4.69) is 0 Å². The molecule has 0 aromatic heterocycles. The van der Waals surface area contributed by atoms with Gasteiger partial charge in [-0.2, -0.15) is 0 Å². The Morgan fingerprint density at radius 1 is 0.759 bits per heavy atom. The zero-order chi connectivity index (χ0) is 19.9. The van der Waals surface area contributed by atoms with E-state index in [-0.39, 0.29) is 20.0 Å². The SMILES string of the molecule is O=C(COc1ccc(OCc2ccccc2)cc1)OCc1ccc2c(c1)OCO2. The first-order chi connectivity index (χ1) is 14.3. The molecule has 3 aromatic carbocycles. The summed E-state index contributed by atoms with van der Waals surface area (Å²) in [6.07, 6.45) is 0. The van der Waals surface area contributed by atoms with Crippen molar-refractivity contribution in [1.29, 1.82) is 0 Å². The van der Waals surface area contributed by atoms with Gasteiger partial charge in [-0.25, -0.2) is 4.79 Å². The molecule has 0 atom stereocenters. The van der Waals surface area contributed by atoms with E-state index in [1.165, 1.54) is 0 Å². The number of benzene rings is 3. The van der Waals surface area contributed by atoms with E-state index in [1.807, 2.05) is 36.4 Å². The van der Waals surface area contributed by atoms with E-state index < -0.39 is 5.97 Å². The number of hydrogen-bond donors (Lipinski definition) is 0. The van der Waals surface area contributed by atoms with Crippen LogP contribution in [0, 0.1) is 0 Å². The summed E-state index contributed by atoms with van der Waals surface area (Å²) in [5.41, 5.74) is 1.92. The van der Waals surface area contributed by atoms with Crippen molar-refractivity contribution in [3.05, 3.63) is 83.9 Å². The van der Waals surface area contributed by atoms with Crippen molar-refractivity contribution in [1.82, 2.24) is 0 Å². The minimum Gasteiger partial charge on any atom is -0.489 e. The lowest BCUT2D eigenvalue weighted by Crippen LogP contribution is -2.14. The van der Waals surface area contributed by atoms with Crippen molar-refractivity contribution in [3.63, 3.8) is 0 Å². The number of fused-ring (bicyclic) bond motifs is 1. The molecule has 1 aliphatic heterocycles. The Bertz CT molecular complexity index is 953. The van der Waals surface area contributed by atoms with Gasteiger partial charge in [-0.15, -0.1) is 0 Å². The maximum atomic E-state index is 11.9. The molecule has 6 heteroatoms. The van der Waals surface area contributed by atoms with E-state index in [0.29, 0.717) is 23.9 Å². The summed E-state index contributed by atoms with van der Waals surface area (Å²) < 4.78 is 27.0. The first-order valence-corrected chi connectivity index (χ1v) is 9.20. The highest BCUT2D eigenvalue weighted by Crippen LogP contribution is 2.32. The number of hydrogen-bond acceptors (Lipinski definition) is 6. The van der Waals surface area contributed by atoms with Crippen LogP contribution in [0.15, 0.2) is 72.8 Å². The fourth-order valence-electron chi connectivity index (χ4n) is 2.75. The monoisotopic (exact) mass is 392 g/mol. The molecule has 0 aliphatic carbocycles. The van der Waals surface area contributed by atoms with Crippen molar-refractivity contribution in [2.45, 2.75) is 13.2 Å². The molecule has 0 N–H and O–H groups in total. The van der Waals surface area contributed by atoms with Gasteiger partial charge in [0.05, 0.1) is 0 Å². The summed E-state index contributed by atoms with van der Waals surface area (Å²) in [6.45, 7) is 0.676. The third-order valence-electron chi connectivity index (χ3n) is 4.27. The van der Waals surface area contributed by atoms with Crippen molar-refractivity contribution in [2.24, 2.45) is 0 Å². The molecular formula is C23H20O6. The summed E-state index contributed by atoms with van der Waals surface area (Å²) in [6, 6.07) is 22.5. The number of ether oxygens (including phenoxy) is 5. The molecule has 0 saturated heterocycles. The van der Waals surface area contributed by atoms with Gasteiger partial charge in [0, 0.05) is 0 Å². The van der Waals surface area contributed by atoms with Crippen LogP contribution < -0.4 is 18.9 Å². The topological polar surface area (TPSA) is 63.2 Å². The fourth-order valence-corrected chi connectivity index (χ4v) is 2.75. The number of carbonyl (C=O) groups excluding carboxylic acids is 1. The third kappa shape index (κ3) is 5.19. The standard InChI is InChI=1S/C23H20O6/c24-23(27-14-18-6-11-21-22(12-18)29-16-28-21)15-26-20-9-7-19(8-10-20)25-13-17-4-2-1-3-5-17/h1-12H,13-16H2. The second-order valence-corrected chi connectivity index (χ2v) is 6.38. The number of esters is 1.